The van der Waals surface area contributed by atoms with Crippen LogP contribution in [0.5, 0.6) is 17.2 Å². The highest BCUT2D eigenvalue weighted by Gasteiger charge is 2.23. The number of sulfonamides is 1. The minimum absolute atomic E-state index is 0.148. The number of fused-ring (bicyclic) bond motifs is 1. The molecular weight excluding hydrogens is 390 g/mol. The molecule has 0 spiro atoms. The summed E-state index contributed by atoms with van der Waals surface area (Å²) in [4.78, 5) is 0.191. The Kier molecular flexibility index (Phi) is 7.03. The van der Waals surface area contributed by atoms with Gasteiger partial charge in [-0.3, -0.25) is 0 Å². The van der Waals surface area contributed by atoms with E-state index < -0.39 is 10.0 Å². The van der Waals surface area contributed by atoms with Gasteiger partial charge in [0.25, 0.3) is 0 Å². The summed E-state index contributed by atoms with van der Waals surface area (Å²) < 4.78 is 45.3. The number of hydrogen-bond acceptors (Lipinski definition) is 5. The molecule has 2 aromatic carbocycles. The molecule has 7 heteroatoms. The lowest BCUT2D eigenvalue weighted by Crippen LogP contribution is -2.24. The summed E-state index contributed by atoms with van der Waals surface area (Å²) in [6.45, 7) is 4.98. The third-order valence-electron chi connectivity index (χ3n) is 4.99. The highest BCUT2D eigenvalue weighted by Crippen LogP contribution is 2.32. The second-order valence-corrected chi connectivity index (χ2v) is 8.69. The second kappa shape index (κ2) is 9.50. The van der Waals surface area contributed by atoms with Crippen molar-refractivity contribution in [3.63, 3.8) is 0 Å². The number of benzene rings is 2. The predicted molar refractivity (Wildman–Crippen MR) is 112 cm³/mol. The fraction of sp³-hybridized carbons (Fsp3) is 0.455. The van der Waals surface area contributed by atoms with Crippen LogP contribution in [0.15, 0.2) is 35.2 Å². The quantitative estimate of drug-likeness (QED) is 0.668. The van der Waals surface area contributed by atoms with Gasteiger partial charge in [0.1, 0.15) is 10.6 Å². The topological polar surface area (TPSA) is 73.9 Å². The molecule has 6 nitrogen and oxygen atoms in total. The van der Waals surface area contributed by atoms with Crippen LogP contribution in [0.4, 0.5) is 0 Å². The van der Waals surface area contributed by atoms with Crippen LogP contribution < -0.4 is 18.9 Å². The molecule has 1 N–H and O–H groups in total. The molecule has 3 rings (SSSR count). The Morgan fingerprint density at radius 2 is 1.55 bits per heavy atom. The first-order chi connectivity index (χ1) is 14.0. The summed E-state index contributed by atoms with van der Waals surface area (Å²) in [7, 11) is -2.22. The fourth-order valence-corrected chi connectivity index (χ4v) is 4.79. The summed E-state index contributed by atoms with van der Waals surface area (Å²) in [6, 6.07) is 9.07. The highest BCUT2D eigenvalue weighted by atomic mass is 32.2. The molecule has 0 amide bonds. The Balaban J connectivity index is 1.82. The number of hydrogen-bond donors (Lipinski definition) is 1. The predicted octanol–water partition coefficient (Wildman–Crippen LogP) is 3.85. The molecule has 0 unspecified atom stereocenters. The van der Waals surface area contributed by atoms with Gasteiger partial charge < -0.3 is 14.2 Å². The third kappa shape index (κ3) is 5.03. The first-order valence-electron chi connectivity index (χ1n) is 10.1. The lowest BCUT2D eigenvalue weighted by Gasteiger charge is -2.19. The van der Waals surface area contributed by atoms with Crippen LogP contribution in [-0.2, 0) is 29.4 Å². The number of methoxy groups -OCH3 is 1. The van der Waals surface area contributed by atoms with E-state index >= 15 is 0 Å². The zero-order chi connectivity index (χ0) is 20.9. The molecule has 158 valence electrons. The Labute approximate surface area is 173 Å². The molecule has 0 bridgehead atoms. The van der Waals surface area contributed by atoms with Crippen molar-refractivity contribution in [1.29, 1.82) is 0 Å². The van der Waals surface area contributed by atoms with E-state index in [4.69, 9.17) is 14.2 Å². The lowest BCUT2D eigenvalue weighted by atomic mass is 9.92. The van der Waals surface area contributed by atoms with Gasteiger partial charge in [-0.25, -0.2) is 13.1 Å². The van der Waals surface area contributed by atoms with Crippen molar-refractivity contribution in [1.82, 2.24) is 4.72 Å². The molecule has 2 aromatic rings. The molecule has 0 atom stereocenters. The summed E-state index contributed by atoms with van der Waals surface area (Å²) in [5.74, 6) is 1.65. The van der Waals surface area contributed by atoms with Crippen molar-refractivity contribution in [2.75, 3.05) is 20.3 Å². The van der Waals surface area contributed by atoms with Crippen molar-refractivity contribution in [3.05, 3.63) is 47.0 Å². The Bertz CT molecular complexity index is 956. The highest BCUT2D eigenvalue weighted by molar-refractivity contribution is 7.89. The molecule has 0 saturated heterocycles. The largest absolute Gasteiger partial charge is 0.495 e. The molecule has 0 radical (unpaired) electrons. The molecule has 0 aliphatic heterocycles. The molecule has 0 fully saturated rings. The number of nitrogens with one attached hydrogen (secondary N) is 1. The maximum atomic E-state index is 13.0. The fourth-order valence-electron chi connectivity index (χ4n) is 3.57. The van der Waals surface area contributed by atoms with Gasteiger partial charge in [-0.15, -0.1) is 0 Å². The molecule has 0 aromatic heterocycles. The van der Waals surface area contributed by atoms with Crippen molar-refractivity contribution < 1.29 is 22.6 Å². The van der Waals surface area contributed by atoms with E-state index in [-0.39, 0.29) is 11.4 Å². The third-order valence-corrected chi connectivity index (χ3v) is 6.41. The van der Waals surface area contributed by atoms with Gasteiger partial charge in [-0.1, -0.05) is 6.07 Å². The van der Waals surface area contributed by atoms with Crippen LogP contribution in [0.2, 0.25) is 0 Å². The van der Waals surface area contributed by atoms with Gasteiger partial charge in [0.05, 0.1) is 20.3 Å². The standard InChI is InChI=1S/C22H29NO5S/c1-4-27-19-11-10-16(12-20(19)28-5-2)15-23-29(24,25)22-14-18-9-7-6-8-17(18)13-21(22)26-3/h10-14,23H,4-9,15H2,1-3H3. The first-order valence-corrected chi connectivity index (χ1v) is 11.5. The van der Waals surface area contributed by atoms with Crippen LogP contribution in [-0.4, -0.2) is 28.7 Å². The molecule has 1 aliphatic carbocycles. The van der Waals surface area contributed by atoms with E-state index in [1.807, 2.05) is 26.0 Å². The number of aryl methyl sites for hydroxylation is 2. The Morgan fingerprint density at radius 1 is 0.897 bits per heavy atom. The molecule has 0 saturated carbocycles. The zero-order valence-corrected chi connectivity index (χ0v) is 18.1. The van der Waals surface area contributed by atoms with E-state index in [1.54, 1.807) is 18.2 Å². The zero-order valence-electron chi connectivity index (χ0n) is 17.3. The molecular formula is C22H29NO5S. The van der Waals surface area contributed by atoms with E-state index in [0.717, 1.165) is 36.8 Å². The SMILES string of the molecule is CCOc1ccc(CNS(=O)(=O)c2cc3c(cc2OC)CCCC3)cc1OCC. The molecule has 0 heterocycles. The summed E-state index contributed by atoms with van der Waals surface area (Å²) >= 11 is 0. The normalized spacial score (nSPS) is 13.6. The summed E-state index contributed by atoms with van der Waals surface area (Å²) in [5.41, 5.74) is 3.06. The van der Waals surface area contributed by atoms with Crippen molar-refractivity contribution in [3.8, 4) is 17.2 Å². The maximum absolute atomic E-state index is 13.0. The van der Waals surface area contributed by atoms with Crippen LogP contribution >= 0.6 is 0 Å². The van der Waals surface area contributed by atoms with Gasteiger partial charge in [0.2, 0.25) is 10.0 Å². The average Bonchev–Trinajstić information content (AvgIpc) is 2.73. The molecule has 29 heavy (non-hydrogen) atoms. The van der Waals surface area contributed by atoms with Crippen LogP contribution in [0, 0.1) is 0 Å². The minimum atomic E-state index is -3.73. The minimum Gasteiger partial charge on any atom is -0.495 e. The van der Waals surface area contributed by atoms with Gasteiger partial charge >= 0.3 is 0 Å². The Hall–Kier alpha value is -2.25. The lowest BCUT2D eigenvalue weighted by molar-refractivity contribution is 0.287. The maximum Gasteiger partial charge on any atom is 0.244 e. The van der Waals surface area contributed by atoms with Crippen LogP contribution in [0.25, 0.3) is 0 Å². The van der Waals surface area contributed by atoms with E-state index in [9.17, 15) is 8.42 Å². The summed E-state index contributed by atoms with van der Waals surface area (Å²) in [5, 5.41) is 0. The first kappa shape index (κ1) is 21.5. The van der Waals surface area contributed by atoms with Crippen molar-refractivity contribution in [2.45, 2.75) is 51.0 Å². The number of rotatable bonds is 9. The van der Waals surface area contributed by atoms with Crippen molar-refractivity contribution in [2.24, 2.45) is 0 Å². The molecule has 1 aliphatic rings. The van der Waals surface area contributed by atoms with Gasteiger partial charge in [0.15, 0.2) is 11.5 Å². The van der Waals surface area contributed by atoms with E-state index in [0.29, 0.717) is 30.5 Å². The van der Waals surface area contributed by atoms with Crippen LogP contribution in [0.1, 0.15) is 43.4 Å². The smallest absolute Gasteiger partial charge is 0.244 e. The Morgan fingerprint density at radius 3 is 2.21 bits per heavy atom. The van der Waals surface area contributed by atoms with Crippen LogP contribution in [0.3, 0.4) is 0 Å². The van der Waals surface area contributed by atoms with Gasteiger partial charge in [-0.05, 0) is 80.5 Å². The number of ether oxygens (including phenoxy) is 3. The monoisotopic (exact) mass is 419 g/mol. The second-order valence-electron chi connectivity index (χ2n) is 6.95. The van der Waals surface area contributed by atoms with E-state index in [1.165, 1.54) is 12.7 Å². The summed E-state index contributed by atoms with van der Waals surface area (Å²) in [6.07, 6.45) is 4.07. The van der Waals surface area contributed by atoms with Gasteiger partial charge in [-0.2, -0.15) is 0 Å². The van der Waals surface area contributed by atoms with E-state index in [2.05, 4.69) is 4.72 Å². The van der Waals surface area contributed by atoms with Gasteiger partial charge in [0, 0.05) is 6.54 Å². The average molecular weight is 420 g/mol. The van der Waals surface area contributed by atoms with Crippen molar-refractivity contribution >= 4 is 10.0 Å².